The number of aliphatic carboxylic acids is 1. The van der Waals surface area contributed by atoms with Crippen LogP contribution < -0.4 is 0 Å². The van der Waals surface area contributed by atoms with Crippen LogP contribution in [-0.4, -0.2) is 64.1 Å². The molecule has 0 aromatic rings. The van der Waals surface area contributed by atoms with Gasteiger partial charge in [0.15, 0.2) is 0 Å². The van der Waals surface area contributed by atoms with Crippen molar-refractivity contribution in [1.29, 1.82) is 0 Å². The van der Waals surface area contributed by atoms with E-state index in [0.717, 1.165) is 25.0 Å². The Morgan fingerprint density at radius 3 is 2.78 bits per heavy atom. The fraction of sp³-hybridized carbons (Fsp3) is 0.833. The van der Waals surface area contributed by atoms with Gasteiger partial charge in [0, 0.05) is 31.5 Å². The molecule has 2 fully saturated rings. The minimum Gasteiger partial charge on any atom is -0.481 e. The van der Waals surface area contributed by atoms with Gasteiger partial charge in [-0.2, -0.15) is 11.8 Å². The van der Waals surface area contributed by atoms with Crippen LogP contribution in [0.1, 0.15) is 25.7 Å². The molecule has 0 aromatic heterocycles. The smallest absolute Gasteiger partial charge is 0.320 e. The number of likely N-dealkylation sites (N-methyl/N-ethyl adjacent to an activating group) is 2. The van der Waals surface area contributed by atoms with Crippen LogP contribution in [0.3, 0.4) is 0 Å². The lowest BCUT2D eigenvalue weighted by Gasteiger charge is -2.23. The van der Waals surface area contributed by atoms with E-state index in [1.54, 1.807) is 0 Å². The summed E-state index contributed by atoms with van der Waals surface area (Å²) in [7, 11) is 3.75. The molecule has 2 heterocycles. The third-order valence-electron chi connectivity index (χ3n) is 3.93. The maximum absolute atomic E-state index is 11.8. The SMILES string of the molecule is CN1C(=O)N(C)C2C(CCCCC(=O)O)SCC21. The average molecular weight is 272 g/mol. The van der Waals surface area contributed by atoms with Gasteiger partial charge in [-0.25, -0.2) is 4.79 Å². The van der Waals surface area contributed by atoms with Crippen molar-refractivity contribution in [3.05, 3.63) is 0 Å². The molecule has 5 nitrogen and oxygen atoms in total. The Morgan fingerprint density at radius 2 is 2.11 bits per heavy atom. The molecule has 6 heteroatoms. The van der Waals surface area contributed by atoms with Gasteiger partial charge in [-0.1, -0.05) is 6.42 Å². The van der Waals surface area contributed by atoms with E-state index < -0.39 is 5.97 Å². The van der Waals surface area contributed by atoms with Crippen LogP contribution in [0.15, 0.2) is 0 Å². The highest BCUT2D eigenvalue weighted by Gasteiger charge is 2.49. The predicted octanol–water partition coefficient (Wildman–Crippen LogP) is 1.48. The highest BCUT2D eigenvalue weighted by Crippen LogP contribution is 2.40. The Hall–Kier alpha value is -0.910. The van der Waals surface area contributed by atoms with Crippen molar-refractivity contribution < 1.29 is 14.7 Å². The van der Waals surface area contributed by atoms with Crippen molar-refractivity contribution in [3.63, 3.8) is 0 Å². The lowest BCUT2D eigenvalue weighted by Crippen LogP contribution is -2.38. The topological polar surface area (TPSA) is 60.9 Å². The second-order valence-corrected chi connectivity index (χ2v) is 6.35. The average Bonchev–Trinajstić information content (AvgIpc) is 2.82. The molecule has 0 aromatic carbocycles. The van der Waals surface area contributed by atoms with Crippen LogP contribution >= 0.6 is 11.8 Å². The fourth-order valence-electron chi connectivity index (χ4n) is 2.91. The summed E-state index contributed by atoms with van der Waals surface area (Å²) in [4.78, 5) is 26.0. The third kappa shape index (κ3) is 2.43. The monoisotopic (exact) mass is 272 g/mol. The molecule has 1 N–H and O–H groups in total. The zero-order chi connectivity index (χ0) is 13.3. The Labute approximate surface area is 112 Å². The summed E-state index contributed by atoms with van der Waals surface area (Å²) < 4.78 is 0. The molecule has 2 rings (SSSR count). The minimum atomic E-state index is -0.722. The van der Waals surface area contributed by atoms with E-state index in [-0.39, 0.29) is 12.5 Å². The molecule has 102 valence electrons. The standard InChI is InChI=1S/C12H20N2O3S/c1-13-8-7-18-9(5-3-4-6-10(15)16)11(8)14(2)12(13)17/h8-9,11H,3-7H2,1-2H3,(H,15,16). The van der Waals surface area contributed by atoms with Crippen LogP contribution in [0.25, 0.3) is 0 Å². The van der Waals surface area contributed by atoms with E-state index in [4.69, 9.17) is 5.11 Å². The molecule has 2 aliphatic rings. The van der Waals surface area contributed by atoms with Crippen LogP contribution in [0.4, 0.5) is 4.79 Å². The van der Waals surface area contributed by atoms with Crippen molar-refractivity contribution in [1.82, 2.24) is 9.80 Å². The Kier molecular flexibility index (Phi) is 4.04. The second-order valence-electron chi connectivity index (χ2n) is 5.07. The van der Waals surface area contributed by atoms with E-state index in [2.05, 4.69) is 0 Å². The number of carboxylic acids is 1. The van der Waals surface area contributed by atoms with Crippen LogP contribution in [0, 0.1) is 0 Å². The largest absolute Gasteiger partial charge is 0.481 e. The second kappa shape index (κ2) is 5.38. The number of carbonyl (C=O) groups is 2. The van der Waals surface area contributed by atoms with Gasteiger partial charge in [0.25, 0.3) is 0 Å². The van der Waals surface area contributed by atoms with Crippen molar-refractivity contribution in [2.24, 2.45) is 0 Å². The number of thioether (sulfide) groups is 1. The Balaban J connectivity index is 1.84. The van der Waals surface area contributed by atoms with Gasteiger partial charge in [0.2, 0.25) is 0 Å². The summed E-state index contributed by atoms with van der Waals surface area (Å²) in [5.41, 5.74) is 0. The number of rotatable bonds is 5. The van der Waals surface area contributed by atoms with Gasteiger partial charge in [-0.15, -0.1) is 0 Å². The first kappa shape index (κ1) is 13.5. The number of urea groups is 1. The van der Waals surface area contributed by atoms with Crippen LogP contribution in [0.5, 0.6) is 0 Å². The summed E-state index contributed by atoms with van der Waals surface area (Å²) in [6, 6.07) is 0.745. The van der Waals surface area contributed by atoms with Crippen molar-refractivity contribution >= 4 is 23.8 Å². The zero-order valence-electron chi connectivity index (χ0n) is 10.8. The van der Waals surface area contributed by atoms with Gasteiger partial charge >= 0.3 is 12.0 Å². The van der Waals surface area contributed by atoms with Gasteiger partial charge in [-0.05, 0) is 12.8 Å². The first-order chi connectivity index (χ1) is 8.52. The van der Waals surface area contributed by atoms with Crippen molar-refractivity contribution in [2.75, 3.05) is 19.8 Å². The quantitative estimate of drug-likeness (QED) is 0.608. The van der Waals surface area contributed by atoms with E-state index in [1.165, 1.54) is 0 Å². The predicted molar refractivity (Wildman–Crippen MR) is 70.8 cm³/mol. The summed E-state index contributed by atoms with van der Waals surface area (Å²) >= 11 is 1.92. The summed E-state index contributed by atoms with van der Waals surface area (Å²) in [6.07, 6.45) is 2.92. The molecular weight excluding hydrogens is 252 g/mol. The zero-order valence-corrected chi connectivity index (χ0v) is 11.7. The lowest BCUT2D eigenvalue weighted by atomic mass is 10.0. The van der Waals surface area contributed by atoms with E-state index in [9.17, 15) is 9.59 Å². The van der Waals surface area contributed by atoms with Gasteiger partial charge in [0.1, 0.15) is 0 Å². The van der Waals surface area contributed by atoms with E-state index in [1.807, 2.05) is 35.7 Å². The minimum absolute atomic E-state index is 0.112. The van der Waals surface area contributed by atoms with Crippen molar-refractivity contribution in [3.8, 4) is 0 Å². The molecule has 18 heavy (non-hydrogen) atoms. The summed E-state index contributed by atoms with van der Waals surface area (Å²) in [5, 5.41) is 9.06. The molecule has 0 saturated carbocycles. The van der Waals surface area contributed by atoms with E-state index in [0.29, 0.717) is 17.3 Å². The third-order valence-corrected chi connectivity index (χ3v) is 5.41. The molecular formula is C12H20N2O3S. The molecule has 0 aliphatic carbocycles. The number of carbonyl (C=O) groups excluding carboxylic acids is 1. The first-order valence-electron chi connectivity index (χ1n) is 6.35. The van der Waals surface area contributed by atoms with Crippen LogP contribution in [0.2, 0.25) is 0 Å². The number of nitrogens with zero attached hydrogens (tertiary/aromatic N) is 2. The Bertz CT molecular complexity index is 350. The summed E-state index contributed by atoms with van der Waals surface area (Å²) in [6.45, 7) is 0. The molecule has 2 saturated heterocycles. The number of hydrogen-bond acceptors (Lipinski definition) is 3. The number of hydrogen-bond donors (Lipinski definition) is 1. The molecule has 3 unspecified atom stereocenters. The van der Waals surface area contributed by atoms with Gasteiger partial charge in [0.05, 0.1) is 12.1 Å². The molecule has 0 bridgehead atoms. The van der Waals surface area contributed by atoms with Gasteiger partial charge < -0.3 is 14.9 Å². The Morgan fingerprint density at radius 1 is 1.39 bits per heavy atom. The van der Waals surface area contributed by atoms with Crippen LogP contribution in [-0.2, 0) is 4.79 Å². The molecule has 0 spiro atoms. The molecule has 2 amide bonds. The molecule has 2 aliphatic heterocycles. The fourth-order valence-corrected chi connectivity index (χ4v) is 4.67. The van der Waals surface area contributed by atoms with Gasteiger partial charge in [-0.3, -0.25) is 4.79 Å². The molecule has 0 radical (unpaired) electrons. The first-order valence-corrected chi connectivity index (χ1v) is 7.40. The number of carboxylic acid groups (broad SMARTS) is 1. The molecule has 3 atom stereocenters. The highest BCUT2D eigenvalue weighted by molar-refractivity contribution is 8.00. The maximum atomic E-state index is 11.8. The number of fused-ring (bicyclic) bond motifs is 1. The number of unbranched alkanes of at least 4 members (excludes halogenated alkanes) is 1. The van der Waals surface area contributed by atoms with Crippen molar-refractivity contribution in [2.45, 2.75) is 43.0 Å². The van der Waals surface area contributed by atoms with E-state index >= 15 is 0 Å². The maximum Gasteiger partial charge on any atom is 0.320 e. The normalized spacial score (nSPS) is 31.0. The summed E-state index contributed by atoms with van der Waals surface area (Å²) in [5.74, 6) is 0.278. The number of amides is 2. The highest BCUT2D eigenvalue weighted by atomic mass is 32.2. The lowest BCUT2D eigenvalue weighted by molar-refractivity contribution is -0.137.